The van der Waals surface area contributed by atoms with Crippen LogP contribution in [0, 0.1) is 0 Å². The van der Waals surface area contributed by atoms with E-state index in [0.717, 1.165) is 25.3 Å². The van der Waals surface area contributed by atoms with Crippen LogP contribution in [-0.4, -0.2) is 13.2 Å². The molecule has 2 aliphatic rings. The van der Waals surface area contributed by atoms with Crippen molar-refractivity contribution in [3.05, 3.63) is 29.8 Å². The lowest BCUT2D eigenvalue weighted by Crippen LogP contribution is -2.56. The first-order chi connectivity index (χ1) is 6.41. The Hall–Kier alpha value is -1.02. The van der Waals surface area contributed by atoms with E-state index in [0.29, 0.717) is 0 Å². The third-order valence-corrected chi connectivity index (χ3v) is 3.20. The molecule has 0 aromatic heterocycles. The summed E-state index contributed by atoms with van der Waals surface area (Å²) in [6.07, 6.45) is 2.37. The zero-order valence-corrected chi connectivity index (χ0v) is 7.55. The van der Waals surface area contributed by atoms with Crippen molar-refractivity contribution in [1.29, 1.82) is 0 Å². The highest BCUT2D eigenvalue weighted by Crippen LogP contribution is 2.42. The molecular weight excluding hydrogens is 162 g/mol. The third-order valence-electron chi connectivity index (χ3n) is 3.20. The van der Waals surface area contributed by atoms with Crippen LogP contribution in [-0.2, 0) is 5.54 Å². The van der Waals surface area contributed by atoms with Gasteiger partial charge in [-0.2, -0.15) is 0 Å². The number of benzene rings is 1. The van der Waals surface area contributed by atoms with Gasteiger partial charge in [0.25, 0.3) is 0 Å². The maximum absolute atomic E-state index is 5.61. The summed E-state index contributed by atoms with van der Waals surface area (Å²) >= 11 is 0. The van der Waals surface area contributed by atoms with E-state index in [9.17, 15) is 0 Å². The maximum Gasteiger partial charge on any atom is 0.124 e. The number of nitrogens with one attached hydrogen (secondary N) is 1. The monoisotopic (exact) mass is 175 g/mol. The predicted molar refractivity (Wildman–Crippen MR) is 50.9 cm³/mol. The molecule has 3 rings (SSSR count). The van der Waals surface area contributed by atoms with E-state index in [4.69, 9.17) is 4.74 Å². The summed E-state index contributed by atoms with van der Waals surface area (Å²) in [5, 5.41) is 3.54. The van der Waals surface area contributed by atoms with Crippen LogP contribution < -0.4 is 10.1 Å². The highest BCUT2D eigenvalue weighted by atomic mass is 16.5. The van der Waals surface area contributed by atoms with Crippen LogP contribution in [0.25, 0.3) is 0 Å². The van der Waals surface area contributed by atoms with E-state index in [1.165, 1.54) is 12.0 Å². The Morgan fingerprint density at radius 1 is 1.23 bits per heavy atom. The second kappa shape index (κ2) is 2.48. The molecule has 2 heteroatoms. The molecule has 1 fully saturated rings. The maximum atomic E-state index is 5.61. The topological polar surface area (TPSA) is 21.3 Å². The molecule has 13 heavy (non-hydrogen) atoms. The second-order valence-electron chi connectivity index (χ2n) is 3.85. The first-order valence-electron chi connectivity index (χ1n) is 4.88. The van der Waals surface area contributed by atoms with Crippen LogP contribution in [0.1, 0.15) is 18.4 Å². The Labute approximate surface area is 77.9 Å². The Morgan fingerprint density at radius 2 is 2.08 bits per heavy atom. The minimum absolute atomic E-state index is 0.259. The highest BCUT2D eigenvalue weighted by molar-refractivity contribution is 5.42. The van der Waals surface area contributed by atoms with Crippen LogP contribution >= 0.6 is 0 Å². The molecule has 0 aliphatic carbocycles. The van der Waals surface area contributed by atoms with Crippen LogP contribution in [0.2, 0.25) is 0 Å². The normalized spacial score (nSPS) is 30.5. The van der Waals surface area contributed by atoms with E-state index < -0.39 is 0 Å². The van der Waals surface area contributed by atoms with Gasteiger partial charge in [0.15, 0.2) is 0 Å². The zero-order chi connectivity index (χ0) is 8.73. The van der Waals surface area contributed by atoms with E-state index in [-0.39, 0.29) is 5.54 Å². The van der Waals surface area contributed by atoms with Gasteiger partial charge in [-0.15, -0.1) is 0 Å². The molecule has 1 spiro atoms. The Balaban J connectivity index is 2.11. The molecule has 0 bridgehead atoms. The lowest BCUT2D eigenvalue weighted by molar-refractivity contribution is 0.122. The zero-order valence-electron chi connectivity index (χ0n) is 7.55. The van der Waals surface area contributed by atoms with Crippen molar-refractivity contribution in [2.24, 2.45) is 0 Å². The van der Waals surface area contributed by atoms with Gasteiger partial charge in [-0.05, 0) is 19.0 Å². The average molecular weight is 175 g/mol. The van der Waals surface area contributed by atoms with Crippen molar-refractivity contribution >= 4 is 0 Å². The molecule has 2 aliphatic heterocycles. The van der Waals surface area contributed by atoms with Gasteiger partial charge in [-0.1, -0.05) is 18.2 Å². The van der Waals surface area contributed by atoms with Gasteiger partial charge in [0.05, 0.1) is 12.1 Å². The largest absolute Gasteiger partial charge is 0.493 e. The van der Waals surface area contributed by atoms with Crippen LogP contribution in [0.4, 0.5) is 0 Å². The number of fused-ring (bicyclic) bond motifs is 2. The van der Waals surface area contributed by atoms with Crippen molar-refractivity contribution in [3.63, 3.8) is 0 Å². The molecule has 1 aromatic rings. The van der Waals surface area contributed by atoms with Crippen LogP contribution in [0.3, 0.4) is 0 Å². The average Bonchev–Trinajstić information content (AvgIpc) is 2.14. The third kappa shape index (κ3) is 0.923. The molecule has 1 saturated heterocycles. The van der Waals surface area contributed by atoms with Gasteiger partial charge in [0.1, 0.15) is 5.75 Å². The lowest BCUT2D eigenvalue weighted by atomic mass is 9.77. The van der Waals surface area contributed by atoms with Crippen molar-refractivity contribution < 1.29 is 4.74 Å². The number of hydrogen-bond donors (Lipinski definition) is 1. The lowest BCUT2D eigenvalue weighted by Gasteiger charge is -2.46. The van der Waals surface area contributed by atoms with E-state index in [2.05, 4.69) is 23.5 Å². The summed E-state index contributed by atoms with van der Waals surface area (Å²) in [5.41, 5.74) is 1.61. The van der Waals surface area contributed by atoms with Crippen molar-refractivity contribution in [1.82, 2.24) is 5.32 Å². The highest BCUT2D eigenvalue weighted by Gasteiger charge is 2.42. The summed E-state index contributed by atoms with van der Waals surface area (Å²) in [7, 11) is 0. The molecule has 2 heterocycles. The molecule has 1 atom stereocenters. The van der Waals surface area contributed by atoms with E-state index in [1.807, 2.05) is 6.07 Å². The summed E-state index contributed by atoms with van der Waals surface area (Å²) < 4.78 is 5.61. The van der Waals surface area contributed by atoms with Gasteiger partial charge >= 0.3 is 0 Å². The predicted octanol–water partition coefficient (Wildman–Crippen LogP) is 1.66. The first-order valence-corrected chi connectivity index (χ1v) is 4.88. The van der Waals surface area contributed by atoms with Gasteiger partial charge in [0, 0.05) is 12.0 Å². The Kier molecular flexibility index (Phi) is 1.41. The van der Waals surface area contributed by atoms with E-state index >= 15 is 0 Å². The number of hydrogen-bond acceptors (Lipinski definition) is 2. The molecule has 1 N–H and O–H groups in total. The minimum atomic E-state index is 0.259. The fourth-order valence-corrected chi connectivity index (χ4v) is 2.33. The molecule has 68 valence electrons. The molecular formula is C11H13NO. The number of ether oxygens (including phenoxy) is 1. The van der Waals surface area contributed by atoms with Gasteiger partial charge < -0.3 is 10.1 Å². The summed E-state index contributed by atoms with van der Waals surface area (Å²) in [6.45, 7) is 2.00. The Morgan fingerprint density at radius 3 is 2.85 bits per heavy atom. The molecule has 0 radical (unpaired) electrons. The number of para-hydroxylation sites is 1. The van der Waals surface area contributed by atoms with Crippen molar-refractivity contribution in [2.75, 3.05) is 13.2 Å². The smallest absolute Gasteiger partial charge is 0.124 e. The fraction of sp³-hybridized carbons (Fsp3) is 0.455. The second-order valence-corrected chi connectivity index (χ2v) is 3.85. The quantitative estimate of drug-likeness (QED) is 0.647. The van der Waals surface area contributed by atoms with Crippen LogP contribution in [0.15, 0.2) is 24.3 Å². The molecule has 2 nitrogen and oxygen atoms in total. The van der Waals surface area contributed by atoms with Crippen LogP contribution in [0.5, 0.6) is 5.75 Å². The summed E-state index contributed by atoms with van der Waals surface area (Å²) in [4.78, 5) is 0. The molecule has 1 aromatic carbocycles. The van der Waals surface area contributed by atoms with Gasteiger partial charge in [-0.3, -0.25) is 0 Å². The summed E-state index contributed by atoms with van der Waals surface area (Å²) in [6, 6.07) is 8.38. The van der Waals surface area contributed by atoms with Crippen molar-refractivity contribution in [3.8, 4) is 5.75 Å². The Bertz CT molecular complexity index is 331. The van der Waals surface area contributed by atoms with E-state index in [1.54, 1.807) is 0 Å². The van der Waals surface area contributed by atoms with Gasteiger partial charge in [-0.25, -0.2) is 0 Å². The minimum Gasteiger partial charge on any atom is -0.493 e. The molecule has 0 amide bonds. The number of rotatable bonds is 0. The molecule has 1 unspecified atom stereocenters. The van der Waals surface area contributed by atoms with Gasteiger partial charge in [0.2, 0.25) is 0 Å². The standard InChI is InChI=1S/C11H13NO/c1-2-4-10-9(3-1)11(5-7-12-11)6-8-13-10/h1-4,12H,5-8H2. The van der Waals surface area contributed by atoms with Crippen molar-refractivity contribution in [2.45, 2.75) is 18.4 Å². The molecule has 0 saturated carbocycles. The SMILES string of the molecule is c1ccc2c(c1)OCCC21CCN1. The summed E-state index contributed by atoms with van der Waals surface area (Å²) in [5.74, 6) is 1.07. The fourth-order valence-electron chi connectivity index (χ4n) is 2.33. The first kappa shape index (κ1) is 7.39.